The van der Waals surface area contributed by atoms with Gasteiger partial charge < -0.3 is 0 Å². The maximum atomic E-state index is 13.8. The van der Waals surface area contributed by atoms with Gasteiger partial charge in [-0.05, 0) is 17.7 Å². The maximum absolute atomic E-state index is 13.8. The number of rotatable bonds is 2. The molecule has 20 heavy (non-hydrogen) atoms. The van der Waals surface area contributed by atoms with Crippen molar-refractivity contribution < 1.29 is 9.18 Å². The van der Waals surface area contributed by atoms with Gasteiger partial charge in [0.05, 0.1) is 11.9 Å². The molecule has 0 aliphatic heterocycles. The number of pyridine rings is 1. The first-order valence-electron chi connectivity index (χ1n) is 5.37. The zero-order chi connectivity index (χ0) is 13.8. The molecule has 1 aromatic carbocycles. The van der Waals surface area contributed by atoms with Crippen molar-refractivity contribution in [1.82, 2.24) is 15.8 Å². The van der Waals surface area contributed by atoms with Gasteiger partial charge in [-0.3, -0.25) is 20.6 Å². The number of fused-ring (bicyclic) bond motifs is 1. The number of amides is 1. The Morgan fingerprint density at radius 2 is 2.15 bits per heavy atom. The minimum atomic E-state index is -0.463. The Labute approximate surface area is 168 Å². The zero-order valence-electron chi connectivity index (χ0n) is 10.7. The number of thiol groups is 1. The topological polar surface area (TPSA) is 54.0 Å². The summed E-state index contributed by atoms with van der Waals surface area (Å²) in [6, 6.07) is 6.49. The summed E-state index contributed by atoms with van der Waals surface area (Å²) in [4.78, 5) is 15.6. The van der Waals surface area contributed by atoms with Gasteiger partial charge in [0.1, 0.15) is 10.1 Å². The van der Waals surface area contributed by atoms with Gasteiger partial charge in [0.15, 0.2) is 0 Å². The summed E-state index contributed by atoms with van der Waals surface area (Å²) < 4.78 is 13.9. The number of hydrogen-bond donors (Lipinski definition) is 3. The second kappa shape index (κ2) is 8.37. The van der Waals surface area contributed by atoms with Gasteiger partial charge in [-0.25, -0.2) is 4.39 Å². The number of benzene rings is 1. The van der Waals surface area contributed by atoms with Crippen LogP contribution in [0.15, 0.2) is 30.5 Å². The fourth-order valence-electron chi connectivity index (χ4n) is 1.62. The molecule has 2 rings (SSSR count). The van der Waals surface area contributed by atoms with E-state index >= 15 is 0 Å². The van der Waals surface area contributed by atoms with Crippen LogP contribution in [0.5, 0.6) is 0 Å². The molecular formula is C12H10FKN3OS2. The van der Waals surface area contributed by atoms with Gasteiger partial charge in [0, 0.05) is 69.0 Å². The van der Waals surface area contributed by atoms with Gasteiger partial charge in [-0.1, -0.05) is 18.3 Å². The molecule has 2 N–H and O–H groups in total. The van der Waals surface area contributed by atoms with Crippen molar-refractivity contribution >= 4 is 97.4 Å². The van der Waals surface area contributed by atoms with Crippen LogP contribution in [0.4, 0.5) is 4.39 Å². The molecule has 2 aromatic rings. The molecular weight excluding hydrogens is 324 g/mol. The van der Waals surface area contributed by atoms with E-state index in [1.807, 2.05) is 6.07 Å². The average Bonchev–Trinajstić information content (AvgIpc) is 2.37. The molecule has 0 aliphatic carbocycles. The minimum absolute atomic E-state index is 0. The van der Waals surface area contributed by atoms with Crippen molar-refractivity contribution in [2.75, 3.05) is 0 Å². The van der Waals surface area contributed by atoms with Crippen molar-refractivity contribution in [1.29, 1.82) is 0 Å². The molecule has 1 heterocycles. The van der Waals surface area contributed by atoms with Crippen molar-refractivity contribution in [2.45, 2.75) is 6.42 Å². The number of halogens is 1. The molecule has 1 radical (unpaired) electrons. The van der Waals surface area contributed by atoms with Crippen LogP contribution in [0.3, 0.4) is 0 Å². The van der Waals surface area contributed by atoms with Gasteiger partial charge >= 0.3 is 0 Å². The van der Waals surface area contributed by atoms with Gasteiger partial charge in [-0.2, -0.15) is 0 Å². The molecule has 8 heteroatoms. The van der Waals surface area contributed by atoms with E-state index in [4.69, 9.17) is 0 Å². The van der Waals surface area contributed by atoms with Crippen LogP contribution in [0.1, 0.15) is 5.56 Å². The normalized spacial score (nSPS) is 9.70. The first-order valence-corrected chi connectivity index (χ1v) is 6.23. The van der Waals surface area contributed by atoms with Crippen LogP contribution in [0.25, 0.3) is 10.9 Å². The summed E-state index contributed by atoms with van der Waals surface area (Å²) in [6.07, 6.45) is 1.49. The smallest absolute Gasteiger partial charge is 0.242 e. The van der Waals surface area contributed by atoms with E-state index in [1.165, 1.54) is 6.07 Å². The third-order valence-corrected chi connectivity index (χ3v) is 2.64. The number of nitrogens with zero attached hydrogens (tertiary/aromatic N) is 1. The summed E-state index contributed by atoms with van der Waals surface area (Å²) in [7, 11) is 0. The molecule has 99 valence electrons. The molecule has 1 aromatic heterocycles. The molecule has 0 bridgehead atoms. The quantitative estimate of drug-likeness (QED) is 0.336. The number of hydrazine groups is 1. The summed E-state index contributed by atoms with van der Waals surface area (Å²) >= 11 is 8.41. The van der Waals surface area contributed by atoms with E-state index in [1.54, 1.807) is 18.3 Å². The molecule has 4 nitrogen and oxygen atoms in total. The molecule has 0 spiro atoms. The van der Waals surface area contributed by atoms with Crippen LogP contribution < -0.4 is 10.9 Å². The summed E-state index contributed by atoms with van der Waals surface area (Å²) in [6.45, 7) is 0. The third kappa shape index (κ3) is 5.03. The van der Waals surface area contributed by atoms with Crippen LogP contribution >= 0.6 is 24.8 Å². The van der Waals surface area contributed by atoms with E-state index in [0.717, 1.165) is 5.39 Å². The van der Waals surface area contributed by atoms with Crippen molar-refractivity contribution in [2.24, 2.45) is 0 Å². The van der Waals surface area contributed by atoms with Crippen molar-refractivity contribution in [3.05, 3.63) is 41.8 Å². The summed E-state index contributed by atoms with van der Waals surface area (Å²) in [5, 5.41) is 0.782. The first kappa shape index (κ1) is 18.0. The zero-order valence-corrected chi connectivity index (χ0v) is 15.5. The number of thiocarbonyl (C=S) groups is 1. The first-order chi connectivity index (χ1) is 9.06. The van der Waals surface area contributed by atoms with E-state index < -0.39 is 11.7 Å². The number of nitrogens with one attached hydrogen (secondary N) is 2. The van der Waals surface area contributed by atoms with Crippen molar-refractivity contribution in [3.8, 4) is 0 Å². The van der Waals surface area contributed by atoms with Crippen LogP contribution in [0, 0.1) is 5.82 Å². The molecule has 0 saturated heterocycles. The number of carbonyl (C=O) groups is 1. The fourth-order valence-corrected chi connectivity index (χ4v) is 1.72. The number of aromatic nitrogens is 1. The molecule has 0 fully saturated rings. The molecule has 0 aliphatic rings. The summed E-state index contributed by atoms with van der Waals surface area (Å²) in [5.41, 5.74) is 5.55. The van der Waals surface area contributed by atoms with E-state index in [2.05, 4.69) is 40.7 Å². The Bertz CT molecular complexity index is 654. The predicted molar refractivity (Wildman–Crippen MR) is 84.0 cm³/mol. The Kier molecular flexibility index (Phi) is 7.52. The minimum Gasteiger partial charge on any atom is -0.283 e. The number of hydrogen-bond acceptors (Lipinski definition) is 3. The second-order valence-corrected chi connectivity index (χ2v) is 4.95. The Morgan fingerprint density at radius 1 is 1.40 bits per heavy atom. The van der Waals surface area contributed by atoms with E-state index in [-0.39, 0.29) is 62.1 Å². The molecule has 0 unspecified atom stereocenters. The van der Waals surface area contributed by atoms with Gasteiger partial charge in [-0.15, -0.1) is 12.6 Å². The Morgan fingerprint density at radius 3 is 2.85 bits per heavy atom. The van der Waals surface area contributed by atoms with E-state index in [0.29, 0.717) is 11.1 Å². The van der Waals surface area contributed by atoms with Crippen molar-refractivity contribution in [3.63, 3.8) is 0 Å². The van der Waals surface area contributed by atoms with E-state index in [9.17, 15) is 9.18 Å². The SMILES string of the molecule is O=C(Cc1cc2cccnc2cc1F)NNC(=S)S.[K]. The molecule has 0 atom stereocenters. The van der Waals surface area contributed by atoms with Crippen LogP contribution in [0.2, 0.25) is 0 Å². The molecule has 0 saturated carbocycles. The Hall–Kier alpha value is -0.0936. The fraction of sp³-hybridized carbons (Fsp3) is 0.0833. The number of carbonyl (C=O) groups excluding carboxylic acids is 1. The Balaban J connectivity index is 0.00000200. The second-order valence-electron chi connectivity index (χ2n) is 3.79. The third-order valence-electron chi connectivity index (χ3n) is 2.43. The maximum Gasteiger partial charge on any atom is 0.242 e. The standard InChI is InChI=1S/C12H10FN3OS2.K/c13-9-6-10-7(2-1-3-14-10)4-8(9)5-11(17)15-16-12(18)19;/h1-4,6H,5H2,(H,15,17)(H2,16,18,19);. The van der Waals surface area contributed by atoms with Crippen LogP contribution in [-0.2, 0) is 11.2 Å². The molecule has 1 amide bonds. The average molecular weight is 334 g/mol. The largest absolute Gasteiger partial charge is 0.283 e. The predicted octanol–water partition coefficient (Wildman–Crippen LogP) is 1.37. The summed E-state index contributed by atoms with van der Waals surface area (Å²) in [5.74, 6) is -0.867. The monoisotopic (exact) mass is 334 g/mol. The van der Waals surface area contributed by atoms with Crippen LogP contribution in [-0.4, -0.2) is 66.6 Å². The van der Waals surface area contributed by atoms with Gasteiger partial charge in [0.2, 0.25) is 5.91 Å². The van der Waals surface area contributed by atoms with Gasteiger partial charge in [0.25, 0.3) is 0 Å².